The Bertz CT molecular complexity index is 827. The molecule has 0 radical (unpaired) electrons. The van der Waals surface area contributed by atoms with Gasteiger partial charge in [0.05, 0.1) is 11.1 Å². The van der Waals surface area contributed by atoms with Crippen LogP contribution in [-0.4, -0.2) is 40.0 Å². The van der Waals surface area contributed by atoms with Crippen LogP contribution in [0, 0.1) is 5.92 Å². The molecule has 2 heterocycles. The van der Waals surface area contributed by atoms with Crippen LogP contribution in [0.3, 0.4) is 0 Å². The molecule has 2 N–H and O–H groups in total. The molecule has 6 nitrogen and oxygen atoms in total. The molecular formula is C18H20N2O4. The number of aromatic amines is 1. The van der Waals surface area contributed by atoms with E-state index in [1.54, 1.807) is 23.1 Å². The van der Waals surface area contributed by atoms with Gasteiger partial charge in [0.15, 0.2) is 0 Å². The Morgan fingerprint density at radius 1 is 1.25 bits per heavy atom. The number of fused-ring (bicyclic) bond motifs is 1. The lowest BCUT2D eigenvalue weighted by Crippen LogP contribution is -2.40. The fraction of sp³-hybridized carbons (Fsp3) is 0.389. The number of hydrogen-bond donors (Lipinski definition) is 2. The highest BCUT2D eigenvalue weighted by atomic mass is 16.4. The molecule has 0 spiro atoms. The number of benzene rings is 1. The van der Waals surface area contributed by atoms with E-state index >= 15 is 0 Å². The second-order valence-corrected chi connectivity index (χ2v) is 6.28. The van der Waals surface area contributed by atoms with Crippen LogP contribution < -0.4 is 5.56 Å². The predicted molar refractivity (Wildman–Crippen MR) is 90.1 cm³/mol. The van der Waals surface area contributed by atoms with Gasteiger partial charge in [-0.2, -0.15) is 0 Å². The van der Waals surface area contributed by atoms with Gasteiger partial charge < -0.3 is 15.0 Å². The summed E-state index contributed by atoms with van der Waals surface area (Å²) >= 11 is 0. The molecule has 1 unspecified atom stereocenters. The minimum absolute atomic E-state index is 0.109. The van der Waals surface area contributed by atoms with Crippen LogP contribution in [0.25, 0.3) is 10.9 Å². The van der Waals surface area contributed by atoms with Crippen LogP contribution in [0.2, 0.25) is 0 Å². The molecule has 1 aliphatic heterocycles. The highest BCUT2D eigenvalue weighted by Gasteiger charge is 2.25. The standard InChI is InChI=1S/C18H20N2O4/c21-15-8-7-13-4-1-5-14(17(13)19-15)18(24)20-10-2-3-12(11-20)6-9-16(22)23/h1,4-5,7-8,12H,2-3,6,9-11H2,(H,19,21)(H,22,23). The highest BCUT2D eigenvalue weighted by molar-refractivity contribution is 6.05. The number of likely N-dealkylation sites (tertiary alicyclic amines) is 1. The molecule has 1 fully saturated rings. The fourth-order valence-corrected chi connectivity index (χ4v) is 3.34. The topological polar surface area (TPSA) is 90.5 Å². The first-order chi connectivity index (χ1) is 11.5. The lowest BCUT2D eigenvalue weighted by atomic mass is 9.93. The van der Waals surface area contributed by atoms with E-state index in [4.69, 9.17) is 5.11 Å². The average molecular weight is 328 g/mol. The second kappa shape index (κ2) is 6.86. The lowest BCUT2D eigenvalue weighted by Gasteiger charge is -2.33. The maximum absolute atomic E-state index is 12.9. The van der Waals surface area contributed by atoms with Gasteiger partial charge in [-0.15, -0.1) is 0 Å². The Kier molecular flexibility index (Phi) is 4.64. The number of carbonyl (C=O) groups excluding carboxylic acids is 1. The Hall–Kier alpha value is -2.63. The number of pyridine rings is 1. The molecule has 126 valence electrons. The molecule has 24 heavy (non-hydrogen) atoms. The molecule has 1 aliphatic rings. The van der Waals surface area contributed by atoms with Gasteiger partial charge in [0.2, 0.25) is 5.56 Å². The summed E-state index contributed by atoms with van der Waals surface area (Å²) in [6.45, 7) is 1.23. The first-order valence-electron chi connectivity index (χ1n) is 8.18. The summed E-state index contributed by atoms with van der Waals surface area (Å²) in [5, 5.41) is 9.65. The number of aromatic nitrogens is 1. The van der Waals surface area contributed by atoms with Crippen LogP contribution in [0.15, 0.2) is 35.1 Å². The average Bonchev–Trinajstić information content (AvgIpc) is 2.59. The molecule has 6 heteroatoms. The summed E-state index contributed by atoms with van der Waals surface area (Å²) in [5.41, 5.74) is 0.812. The van der Waals surface area contributed by atoms with Crippen molar-refractivity contribution in [1.29, 1.82) is 0 Å². The van der Waals surface area contributed by atoms with Gasteiger partial charge in [-0.05, 0) is 42.7 Å². The number of H-pyrrole nitrogens is 1. The van der Waals surface area contributed by atoms with E-state index in [1.165, 1.54) is 6.07 Å². The quantitative estimate of drug-likeness (QED) is 0.900. The third-order valence-corrected chi connectivity index (χ3v) is 4.56. The number of carboxylic acids is 1. The number of nitrogens with one attached hydrogen (secondary N) is 1. The molecule has 1 aromatic carbocycles. The van der Waals surface area contributed by atoms with E-state index in [0.29, 0.717) is 30.6 Å². The summed E-state index contributed by atoms with van der Waals surface area (Å²) in [5.74, 6) is -0.694. The van der Waals surface area contributed by atoms with Crippen molar-refractivity contribution in [2.24, 2.45) is 5.92 Å². The molecule has 0 bridgehead atoms. The Labute approximate surface area is 139 Å². The van der Waals surface area contributed by atoms with Crippen LogP contribution in [0.1, 0.15) is 36.0 Å². The fourth-order valence-electron chi connectivity index (χ4n) is 3.34. The Morgan fingerprint density at radius 3 is 2.88 bits per heavy atom. The Balaban J connectivity index is 1.82. The normalized spacial score (nSPS) is 17.8. The monoisotopic (exact) mass is 328 g/mol. The van der Waals surface area contributed by atoms with E-state index in [2.05, 4.69) is 4.98 Å². The second-order valence-electron chi connectivity index (χ2n) is 6.28. The molecule has 1 aromatic heterocycles. The van der Waals surface area contributed by atoms with Gasteiger partial charge in [0, 0.05) is 25.6 Å². The van der Waals surface area contributed by atoms with Crippen molar-refractivity contribution in [2.75, 3.05) is 13.1 Å². The highest BCUT2D eigenvalue weighted by Crippen LogP contribution is 2.24. The largest absolute Gasteiger partial charge is 0.481 e. The van der Waals surface area contributed by atoms with Gasteiger partial charge in [-0.25, -0.2) is 0 Å². The zero-order chi connectivity index (χ0) is 17.1. The first-order valence-corrected chi connectivity index (χ1v) is 8.18. The van der Waals surface area contributed by atoms with E-state index in [9.17, 15) is 14.4 Å². The number of rotatable bonds is 4. The van der Waals surface area contributed by atoms with Crippen molar-refractivity contribution in [3.8, 4) is 0 Å². The smallest absolute Gasteiger partial charge is 0.303 e. The van der Waals surface area contributed by atoms with E-state index in [-0.39, 0.29) is 23.8 Å². The number of piperidine rings is 1. The molecular weight excluding hydrogens is 308 g/mol. The summed E-state index contributed by atoms with van der Waals surface area (Å²) in [6.07, 6.45) is 2.54. The molecule has 1 saturated heterocycles. The van der Waals surface area contributed by atoms with Crippen molar-refractivity contribution in [2.45, 2.75) is 25.7 Å². The molecule has 0 saturated carbocycles. The van der Waals surface area contributed by atoms with Crippen molar-refractivity contribution >= 4 is 22.8 Å². The van der Waals surface area contributed by atoms with Gasteiger partial charge in [-0.3, -0.25) is 14.4 Å². The molecule has 1 amide bonds. The van der Waals surface area contributed by atoms with Crippen molar-refractivity contribution in [1.82, 2.24) is 9.88 Å². The zero-order valence-corrected chi connectivity index (χ0v) is 13.3. The summed E-state index contributed by atoms with van der Waals surface area (Å²) < 4.78 is 0. The van der Waals surface area contributed by atoms with E-state index < -0.39 is 5.97 Å². The predicted octanol–water partition coefficient (Wildman–Crippen LogP) is 2.25. The van der Waals surface area contributed by atoms with Gasteiger partial charge in [0.25, 0.3) is 5.91 Å². The summed E-state index contributed by atoms with van der Waals surface area (Å²) in [6, 6.07) is 8.53. The minimum atomic E-state index is -0.801. The molecule has 2 aromatic rings. The van der Waals surface area contributed by atoms with Crippen LogP contribution >= 0.6 is 0 Å². The first kappa shape index (κ1) is 16.2. The van der Waals surface area contributed by atoms with Gasteiger partial charge in [0.1, 0.15) is 0 Å². The number of carboxylic acid groups (broad SMARTS) is 1. The van der Waals surface area contributed by atoms with Gasteiger partial charge >= 0.3 is 5.97 Å². The molecule has 3 rings (SSSR count). The number of nitrogens with zero attached hydrogens (tertiary/aromatic N) is 1. The van der Waals surface area contributed by atoms with Gasteiger partial charge in [-0.1, -0.05) is 12.1 Å². The van der Waals surface area contributed by atoms with Crippen molar-refractivity contribution in [3.63, 3.8) is 0 Å². The summed E-state index contributed by atoms with van der Waals surface area (Å²) in [7, 11) is 0. The lowest BCUT2D eigenvalue weighted by molar-refractivity contribution is -0.137. The summed E-state index contributed by atoms with van der Waals surface area (Å²) in [4.78, 5) is 39.8. The van der Waals surface area contributed by atoms with Crippen LogP contribution in [-0.2, 0) is 4.79 Å². The van der Waals surface area contributed by atoms with Crippen LogP contribution in [0.5, 0.6) is 0 Å². The van der Waals surface area contributed by atoms with Crippen molar-refractivity contribution < 1.29 is 14.7 Å². The number of carbonyl (C=O) groups is 2. The third kappa shape index (κ3) is 3.48. The van der Waals surface area contributed by atoms with Crippen LogP contribution in [0.4, 0.5) is 0 Å². The van der Waals surface area contributed by atoms with E-state index in [1.807, 2.05) is 6.07 Å². The van der Waals surface area contributed by atoms with E-state index in [0.717, 1.165) is 18.2 Å². The minimum Gasteiger partial charge on any atom is -0.481 e. The molecule has 0 aliphatic carbocycles. The maximum atomic E-state index is 12.9. The zero-order valence-electron chi connectivity index (χ0n) is 13.3. The Morgan fingerprint density at radius 2 is 2.08 bits per heavy atom. The third-order valence-electron chi connectivity index (χ3n) is 4.56. The number of aliphatic carboxylic acids is 1. The number of hydrogen-bond acceptors (Lipinski definition) is 3. The molecule has 1 atom stereocenters. The number of amides is 1. The number of para-hydroxylation sites is 1. The SMILES string of the molecule is O=C(O)CCC1CCCN(C(=O)c2cccc3ccc(=O)[nH]c23)C1. The maximum Gasteiger partial charge on any atom is 0.303 e. The van der Waals surface area contributed by atoms with Crippen molar-refractivity contribution in [3.05, 3.63) is 46.2 Å².